The van der Waals surface area contributed by atoms with Crippen molar-refractivity contribution in [1.82, 2.24) is 0 Å². The minimum absolute atomic E-state index is 0.239. The largest absolute Gasteiger partial charge is 0.342 e. The van der Waals surface area contributed by atoms with Crippen molar-refractivity contribution in [1.29, 1.82) is 0 Å². The second kappa shape index (κ2) is 6.61. The smallest absolute Gasteiger partial charge is 0.339 e. The average molecular weight is 350 g/mol. The summed E-state index contributed by atoms with van der Waals surface area (Å²) in [7, 11) is 0. The number of hydroxylamine groups is 1. The van der Waals surface area contributed by atoms with E-state index in [9.17, 15) is 4.79 Å². The van der Waals surface area contributed by atoms with Crippen LogP contribution in [0.1, 0.15) is 23.1 Å². The van der Waals surface area contributed by atoms with Gasteiger partial charge in [0.05, 0.1) is 5.69 Å². The predicted octanol–water partition coefficient (Wildman–Crippen LogP) is 5.14. The zero-order chi connectivity index (χ0) is 17.2. The van der Waals surface area contributed by atoms with Crippen LogP contribution in [-0.4, -0.2) is 5.97 Å². The summed E-state index contributed by atoms with van der Waals surface area (Å²) in [6, 6.07) is 26.8. The molecule has 0 N–H and O–H groups in total. The zero-order valence-corrected chi connectivity index (χ0v) is 14.1. The summed E-state index contributed by atoms with van der Waals surface area (Å²) in [6.07, 6.45) is 0. The third-order valence-corrected chi connectivity index (χ3v) is 4.64. The lowest BCUT2D eigenvalue weighted by Crippen LogP contribution is -2.23. The van der Waals surface area contributed by atoms with Crippen LogP contribution < -0.4 is 5.06 Å². The number of hydrogen-bond donors (Lipinski definition) is 0. The molecule has 0 spiro atoms. The van der Waals surface area contributed by atoms with Gasteiger partial charge in [0.2, 0.25) is 0 Å². The molecule has 4 rings (SSSR count). The Morgan fingerprint density at radius 2 is 1.32 bits per heavy atom. The van der Waals surface area contributed by atoms with Gasteiger partial charge in [0, 0.05) is 5.02 Å². The molecule has 3 aromatic rings. The number of hydrogen-bond acceptors (Lipinski definition) is 3. The first-order valence-corrected chi connectivity index (χ1v) is 8.48. The molecule has 3 nitrogen and oxygen atoms in total. The average Bonchev–Trinajstić information content (AvgIpc) is 3.01. The molecule has 2 atom stereocenters. The molecule has 1 aliphatic heterocycles. The van der Waals surface area contributed by atoms with E-state index in [1.165, 1.54) is 0 Å². The lowest BCUT2D eigenvalue weighted by atomic mass is 9.87. The van der Waals surface area contributed by atoms with E-state index in [4.69, 9.17) is 16.4 Å². The Morgan fingerprint density at radius 3 is 1.92 bits per heavy atom. The summed E-state index contributed by atoms with van der Waals surface area (Å²) in [5.41, 5.74) is 2.76. The predicted molar refractivity (Wildman–Crippen MR) is 98.4 cm³/mol. The summed E-state index contributed by atoms with van der Waals surface area (Å²) >= 11 is 6.00. The summed E-state index contributed by atoms with van der Waals surface area (Å²) in [4.78, 5) is 18.4. The molecule has 0 saturated carbocycles. The Hall–Kier alpha value is -2.78. The normalized spacial score (nSPS) is 19.7. The van der Waals surface area contributed by atoms with E-state index in [2.05, 4.69) is 0 Å². The molecule has 124 valence electrons. The molecule has 2 unspecified atom stereocenters. The van der Waals surface area contributed by atoms with Gasteiger partial charge in [-0.2, -0.15) is 5.06 Å². The monoisotopic (exact) mass is 349 g/mol. The fraction of sp³-hybridized carbons (Fsp3) is 0.0952. The Labute approximate surface area is 151 Å². The number of rotatable bonds is 3. The van der Waals surface area contributed by atoms with Crippen molar-refractivity contribution in [2.75, 3.05) is 5.06 Å². The van der Waals surface area contributed by atoms with Crippen LogP contribution in [0.3, 0.4) is 0 Å². The molecule has 1 fully saturated rings. The minimum atomic E-state index is -0.390. The molecule has 1 saturated heterocycles. The van der Waals surface area contributed by atoms with E-state index in [0.29, 0.717) is 5.02 Å². The molecule has 25 heavy (non-hydrogen) atoms. The molecule has 4 heteroatoms. The molecule has 1 aliphatic rings. The van der Waals surface area contributed by atoms with Gasteiger partial charge in [-0.1, -0.05) is 72.3 Å². The van der Waals surface area contributed by atoms with Crippen molar-refractivity contribution < 1.29 is 9.63 Å². The van der Waals surface area contributed by atoms with Crippen molar-refractivity contribution >= 4 is 23.3 Å². The first kappa shape index (κ1) is 15.7. The van der Waals surface area contributed by atoms with Crippen LogP contribution in [0, 0.1) is 0 Å². The third-order valence-electron chi connectivity index (χ3n) is 4.39. The number of benzene rings is 3. The maximum atomic E-state index is 12.7. The second-order valence-electron chi connectivity index (χ2n) is 5.96. The lowest BCUT2D eigenvalue weighted by Gasteiger charge is -2.26. The molecule has 0 bridgehead atoms. The van der Waals surface area contributed by atoms with Gasteiger partial charge in [-0.25, -0.2) is 4.79 Å². The SMILES string of the molecule is O=C1ON(c2ccc(Cl)cc2)C(c2ccccc2)C1c1ccccc1. The molecule has 0 amide bonds. The molecule has 1 heterocycles. The summed E-state index contributed by atoms with van der Waals surface area (Å²) in [5.74, 6) is -0.644. The van der Waals surface area contributed by atoms with Crippen LogP contribution in [0.15, 0.2) is 84.9 Å². The Morgan fingerprint density at radius 1 is 0.760 bits per heavy atom. The maximum Gasteiger partial charge on any atom is 0.342 e. The fourth-order valence-corrected chi connectivity index (χ4v) is 3.36. The number of nitrogens with zero attached hydrogens (tertiary/aromatic N) is 1. The quantitative estimate of drug-likeness (QED) is 0.655. The van der Waals surface area contributed by atoms with Crippen LogP contribution in [0.4, 0.5) is 5.69 Å². The minimum Gasteiger partial charge on any atom is -0.339 e. The number of carbonyl (C=O) groups excluding carboxylic acids is 1. The first-order valence-electron chi connectivity index (χ1n) is 8.10. The van der Waals surface area contributed by atoms with E-state index in [0.717, 1.165) is 16.8 Å². The highest BCUT2D eigenvalue weighted by Gasteiger charge is 2.45. The molecular weight excluding hydrogens is 334 g/mol. The van der Waals surface area contributed by atoms with Gasteiger partial charge in [0.1, 0.15) is 12.0 Å². The fourth-order valence-electron chi connectivity index (χ4n) is 3.23. The standard InChI is InChI=1S/C21H16ClNO2/c22-17-11-13-18(14-12-17)23-20(16-9-5-2-6-10-16)19(21(24)25-23)15-7-3-1-4-8-15/h1-14,19-20H. The second-order valence-corrected chi connectivity index (χ2v) is 6.39. The summed E-state index contributed by atoms with van der Waals surface area (Å²) < 4.78 is 0. The van der Waals surface area contributed by atoms with Gasteiger partial charge in [-0.05, 0) is 35.4 Å². The van der Waals surface area contributed by atoms with E-state index in [-0.39, 0.29) is 17.9 Å². The van der Waals surface area contributed by atoms with Crippen LogP contribution in [0.5, 0.6) is 0 Å². The Kier molecular flexibility index (Phi) is 4.16. The summed E-state index contributed by atoms with van der Waals surface area (Å²) in [6.45, 7) is 0. The first-order chi connectivity index (χ1) is 12.2. The molecular formula is C21H16ClNO2. The number of halogens is 1. The van der Waals surface area contributed by atoms with Crippen molar-refractivity contribution in [3.63, 3.8) is 0 Å². The zero-order valence-electron chi connectivity index (χ0n) is 13.4. The van der Waals surface area contributed by atoms with Crippen molar-refractivity contribution in [2.24, 2.45) is 0 Å². The van der Waals surface area contributed by atoms with Gasteiger partial charge in [0.15, 0.2) is 0 Å². The highest BCUT2D eigenvalue weighted by molar-refractivity contribution is 6.30. The Bertz CT molecular complexity index is 865. The Balaban J connectivity index is 1.82. The van der Waals surface area contributed by atoms with Crippen molar-refractivity contribution in [3.05, 3.63) is 101 Å². The number of anilines is 1. The van der Waals surface area contributed by atoms with Crippen molar-refractivity contribution in [2.45, 2.75) is 12.0 Å². The molecule has 0 radical (unpaired) electrons. The van der Waals surface area contributed by atoms with E-state index >= 15 is 0 Å². The van der Waals surface area contributed by atoms with Gasteiger partial charge >= 0.3 is 5.97 Å². The van der Waals surface area contributed by atoms with E-state index < -0.39 is 0 Å². The topological polar surface area (TPSA) is 29.5 Å². The van der Waals surface area contributed by atoms with Crippen LogP contribution in [0.2, 0.25) is 5.02 Å². The molecule has 0 aliphatic carbocycles. The van der Waals surface area contributed by atoms with Crippen LogP contribution in [0.25, 0.3) is 0 Å². The van der Waals surface area contributed by atoms with Crippen LogP contribution >= 0.6 is 11.6 Å². The van der Waals surface area contributed by atoms with E-state index in [1.807, 2.05) is 72.8 Å². The molecule has 3 aromatic carbocycles. The molecule has 0 aromatic heterocycles. The maximum absolute atomic E-state index is 12.7. The van der Waals surface area contributed by atoms with E-state index in [1.54, 1.807) is 17.2 Å². The van der Waals surface area contributed by atoms with Gasteiger partial charge in [-0.15, -0.1) is 0 Å². The highest BCUT2D eigenvalue weighted by Crippen LogP contribution is 2.44. The highest BCUT2D eigenvalue weighted by atomic mass is 35.5. The summed E-state index contributed by atoms with van der Waals surface area (Å²) in [5, 5.41) is 2.33. The van der Waals surface area contributed by atoms with Gasteiger partial charge in [-0.3, -0.25) is 0 Å². The lowest BCUT2D eigenvalue weighted by molar-refractivity contribution is -0.140. The third kappa shape index (κ3) is 2.99. The van der Waals surface area contributed by atoms with Gasteiger partial charge in [0.25, 0.3) is 0 Å². The number of carbonyl (C=O) groups is 1. The van der Waals surface area contributed by atoms with Gasteiger partial charge < -0.3 is 4.84 Å². The van der Waals surface area contributed by atoms with Crippen LogP contribution in [-0.2, 0) is 9.63 Å². The van der Waals surface area contributed by atoms with Crippen molar-refractivity contribution in [3.8, 4) is 0 Å².